The number of alkyl halides is 1. The van der Waals surface area contributed by atoms with E-state index in [2.05, 4.69) is 18.2 Å². The first kappa shape index (κ1) is 17.9. The molecule has 1 saturated heterocycles. The summed E-state index contributed by atoms with van der Waals surface area (Å²) in [6.45, 7) is 1.67. The smallest absolute Gasteiger partial charge is 0.260 e. The molecule has 5 heteroatoms. The first-order valence-electron chi connectivity index (χ1n) is 9.88. The fourth-order valence-corrected chi connectivity index (χ4v) is 4.97. The van der Waals surface area contributed by atoms with Crippen LogP contribution in [0.25, 0.3) is 0 Å². The standard InChI is InChI=1S/C21H28FNO3/c22-21(7-3-8-21)19(25)23-12-10-20(11-13-23)9-6-18(26-15-14-24)16-4-1-2-5-17(16)20/h1-2,4-5,18,24H,3,6-15H2. The van der Waals surface area contributed by atoms with Crippen LogP contribution in [0.1, 0.15) is 62.2 Å². The Morgan fingerprint density at radius 3 is 2.58 bits per heavy atom. The Hall–Kier alpha value is -1.46. The van der Waals surface area contributed by atoms with Gasteiger partial charge in [0.05, 0.1) is 19.3 Å². The highest BCUT2D eigenvalue weighted by Gasteiger charge is 2.49. The Balaban J connectivity index is 1.50. The van der Waals surface area contributed by atoms with Gasteiger partial charge in [0.1, 0.15) is 0 Å². The van der Waals surface area contributed by atoms with E-state index in [1.165, 1.54) is 11.1 Å². The first-order valence-corrected chi connectivity index (χ1v) is 9.88. The number of benzene rings is 1. The lowest BCUT2D eigenvalue weighted by molar-refractivity contribution is -0.151. The highest BCUT2D eigenvalue weighted by Crippen LogP contribution is 2.49. The average molecular weight is 361 g/mol. The molecule has 1 aliphatic heterocycles. The van der Waals surface area contributed by atoms with E-state index in [0.29, 0.717) is 32.5 Å². The van der Waals surface area contributed by atoms with Gasteiger partial charge in [-0.1, -0.05) is 24.3 Å². The molecule has 26 heavy (non-hydrogen) atoms. The Labute approximate surface area is 154 Å². The lowest BCUT2D eigenvalue weighted by Gasteiger charge is -2.48. The molecule has 1 amide bonds. The molecule has 1 unspecified atom stereocenters. The summed E-state index contributed by atoms with van der Waals surface area (Å²) in [5, 5.41) is 9.07. The number of hydrogen-bond donors (Lipinski definition) is 1. The Morgan fingerprint density at radius 2 is 1.92 bits per heavy atom. The molecule has 142 valence electrons. The van der Waals surface area contributed by atoms with Gasteiger partial charge >= 0.3 is 0 Å². The van der Waals surface area contributed by atoms with Crippen molar-refractivity contribution < 1.29 is 19.0 Å². The van der Waals surface area contributed by atoms with Gasteiger partial charge in [0.25, 0.3) is 5.91 Å². The van der Waals surface area contributed by atoms with Crippen molar-refractivity contribution in [3.05, 3.63) is 35.4 Å². The van der Waals surface area contributed by atoms with Gasteiger partial charge in [-0.15, -0.1) is 0 Å². The van der Waals surface area contributed by atoms with E-state index >= 15 is 0 Å². The van der Waals surface area contributed by atoms with Gasteiger partial charge in [-0.25, -0.2) is 4.39 Å². The summed E-state index contributed by atoms with van der Waals surface area (Å²) in [7, 11) is 0. The maximum absolute atomic E-state index is 14.5. The van der Waals surface area contributed by atoms with E-state index in [9.17, 15) is 9.18 Å². The molecule has 1 N–H and O–H groups in total. The highest BCUT2D eigenvalue weighted by molar-refractivity contribution is 5.86. The van der Waals surface area contributed by atoms with Crippen molar-refractivity contribution >= 4 is 5.91 Å². The molecule has 0 bridgehead atoms. The minimum absolute atomic E-state index is 0.0336. The van der Waals surface area contributed by atoms with Crippen molar-refractivity contribution in [1.29, 1.82) is 0 Å². The quantitative estimate of drug-likeness (QED) is 0.895. The third kappa shape index (κ3) is 2.95. The topological polar surface area (TPSA) is 49.8 Å². The molecule has 4 nitrogen and oxygen atoms in total. The number of rotatable bonds is 4. The van der Waals surface area contributed by atoms with E-state index in [4.69, 9.17) is 9.84 Å². The van der Waals surface area contributed by atoms with Crippen LogP contribution in [0.15, 0.2) is 24.3 Å². The number of carbonyl (C=O) groups is 1. The van der Waals surface area contributed by atoms with Crippen LogP contribution in [0, 0.1) is 0 Å². The van der Waals surface area contributed by atoms with Crippen molar-refractivity contribution in [2.75, 3.05) is 26.3 Å². The molecule has 1 aromatic carbocycles. The lowest BCUT2D eigenvalue weighted by atomic mass is 9.64. The van der Waals surface area contributed by atoms with Crippen molar-refractivity contribution in [2.24, 2.45) is 0 Å². The first-order chi connectivity index (χ1) is 12.6. The van der Waals surface area contributed by atoms with Crippen molar-refractivity contribution in [1.82, 2.24) is 4.90 Å². The van der Waals surface area contributed by atoms with Gasteiger partial charge in [-0.3, -0.25) is 4.79 Å². The van der Waals surface area contributed by atoms with Crippen LogP contribution in [-0.2, 0) is 14.9 Å². The molecule has 1 spiro atoms. The number of aliphatic hydroxyl groups excluding tert-OH is 1. The fraction of sp³-hybridized carbons (Fsp3) is 0.667. The number of aliphatic hydroxyl groups is 1. The summed E-state index contributed by atoms with van der Waals surface area (Å²) in [4.78, 5) is 14.2. The number of halogens is 1. The number of fused-ring (bicyclic) bond motifs is 2. The van der Waals surface area contributed by atoms with E-state index in [0.717, 1.165) is 32.1 Å². The summed E-state index contributed by atoms with van der Waals surface area (Å²) in [5.74, 6) is -0.285. The predicted octanol–water partition coefficient (Wildman–Crippen LogP) is 3.28. The van der Waals surface area contributed by atoms with E-state index in [-0.39, 0.29) is 24.0 Å². The summed E-state index contributed by atoms with van der Waals surface area (Å²) >= 11 is 0. The van der Waals surface area contributed by atoms with Gasteiger partial charge in [-0.05, 0) is 61.5 Å². The SMILES string of the molecule is O=C(N1CCC2(CCC(OCCO)c3ccccc32)CC1)C1(F)CCC1. The third-order valence-electron chi connectivity index (χ3n) is 6.71. The van der Waals surface area contributed by atoms with Gasteiger partial charge in [0, 0.05) is 13.1 Å². The van der Waals surface area contributed by atoms with Crippen molar-refractivity contribution in [3.8, 4) is 0 Å². The number of amides is 1. The second kappa shape index (κ2) is 6.93. The molecule has 0 aromatic heterocycles. The van der Waals surface area contributed by atoms with Crippen molar-refractivity contribution in [2.45, 2.75) is 62.1 Å². The molecule has 2 fully saturated rings. The molecule has 0 radical (unpaired) electrons. The summed E-state index contributed by atoms with van der Waals surface area (Å²) in [6.07, 6.45) is 5.36. The van der Waals surface area contributed by atoms with Crippen LogP contribution in [0.3, 0.4) is 0 Å². The molecule has 1 aromatic rings. The molecule has 1 atom stereocenters. The van der Waals surface area contributed by atoms with E-state index < -0.39 is 5.67 Å². The van der Waals surface area contributed by atoms with Crippen molar-refractivity contribution in [3.63, 3.8) is 0 Å². The minimum atomic E-state index is -1.59. The molecule has 1 heterocycles. The number of nitrogens with zero attached hydrogens (tertiary/aromatic N) is 1. The number of likely N-dealkylation sites (tertiary alicyclic amines) is 1. The Bertz CT molecular complexity index is 665. The summed E-state index contributed by atoms with van der Waals surface area (Å²) in [6, 6.07) is 8.41. The zero-order valence-corrected chi connectivity index (χ0v) is 15.3. The minimum Gasteiger partial charge on any atom is -0.394 e. The van der Waals surface area contributed by atoms with Crippen LogP contribution < -0.4 is 0 Å². The number of hydrogen-bond acceptors (Lipinski definition) is 3. The molecule has 1 saturated carbocycles. The van der Waals surface area contributed by atoms with Gasteiger partial charge < -0.3 is 14.7 Å². The molecular formula is C21H28FNO3. The maximum Gasteiger partial charge on any atom is 0.260 e. The normalized spacial score (nSPS) is 26.2. The Morgan fingerprint density at radius 1 is 1.19 bits per heavy atom. The fourth-order valence-electron chi connectivity index (χ4n) is 4.97. The molecule has 4 rings (SSSR count). The second-order valence-corrected chi connectivity index (χ2v) is 8.10. The van der Waals surface area contributed by atoms with Gasteiger partial charge in [-0.2, -0.15) is 0 Å². The monoisotopic (exact) mass is 361 g/mol. The maximum atomic E-state index is 14.5. The molecule has 3 aliphatic rings. The van der Waals surface area contributed by atoms with E-state index in [1.54, 1.807) is 4.90 Å². The largest absolute Gasteiger partial charge is 0.394 e. The molecule has 2 aliphatic carbocycles. The Kier molecular flexibility index (Phi) is 4.78. The number of ether oxygens (including phenoxy) is 1. The number of carbonyl (C=O) groups excluding carboxylic acids is 1. The predicted molar refractivity (Wildman–Crippen MR) is 96.6 cm³/mol. The van der Waals surface area contributed by atoms with Crippen LogP contribution >= 0.6 is 0 Å². The van der Waals surface area contributed by atoms with Crippen LogP contribution in [0.2, 0.25) is 0 Å². The van der Waals surface area contributed by atoms with Gasteiger partial charge in [0.2, 0.25) is 0 Å². The number of piperidine rings is 1. The third-order valence-corrected chi connectivity index (χ3v) is 6.71. The van der Waals surface area contributed by atoms with Crippen LogP contribution in [0.4, 0.5) is 4.39 Å². The molecular weight excluding hydrogens is 333 g/mol. The zero-order valence-electron chi connectivity index (χ0n) is 15.3. The summed E-state index contributed by atoms with van der Waals surface area (Å²) < 4.78 is 20.4. The van der Waals surface area contributed by atoms with Crippen LogP contribution in [0.5, 0.6) is 0 Å². The van der Waals surface area contributed by atoms with Crippen LogP contribution in [-0.4, -0.2) is 47.9 Å². The second-order valence-electron chi connectivity index (χ2n) is 8.10. The van der Waals surface area contributed by atoms with Gasteiger partial charge in [0.15, 0.2) is 5.67 Å². The van der Waals surface area contributed by atoms with E-state index in [1.807, 2.05) is 6.07 Å². The average Bonchev–Trinajstić information content (AvgIpc) is 2.66. The highest BCUT2D eigenvalue weighted by atomic mass is 19.1. The summed E-state index contributed by atoms with van der Waals surface area (Å²) in [5.41, 5.74) is 1.01. The zero-order chi connectivity index (χ0) is 18.2. The lowest BCUT2D eigenvalue weighted by Crippen LogP contribution is -2.54.